The minimum Gasteiger partial charge on any atom is -0.578 e. The maximum Gasteiger partial charge on any atom is 0.375 e. The molecule has 2 aliphatic rings. The van der Waals surface area contributed by atoms with E-state index in [1.54, 1.807) is 20.8 Å². The predicted molar refractivity (Wildman–Crippen MR) is 218 cm³/mol. The van der Waals surface area contributed by atoms with Crippen LogP contribution < -0.4 is 33.3 Å². The van der Waals surface area contributed by atoms with Crippen LogP contribution in [0.5, 0.6) is 40.2 Å². The van der Waals surface area contributed by atoms with Gasteiger partial charge in [-0.05, 0) is 54.3 Å². The molecule has 0 aromatic heterocycles. The molecule has 20 nitrogen and oxygen atoms in total. The van der Waals surface area contributed by atoms with Gasteiger partial charge >= 0.3 is 59.3 Å². The van der Waals surface area contributed by atoms with Crippen LogP contribution in [0.2, 0.25) is 0 Å². The lowest BCUT2D eigenvalue weighted by molar-refractivity contribution is -1.08. The molecule has 2 aliphatic heterocycles. The third-order valence-electron chi connectivity index (χ3n) is 9.89. The van der Waals surface area contributed by atoms with Crippen LogP contribution in [-0.2, 0) is 47.9 Å². The third kappa shape index (κ3) is 8.95. The van der Waals surface area contributed by atoms with Crippen molar-refractivity contribution in [2.75, 3.05) is 0 Å². The van der Waals surface area contributed by atoms with Crippen molar-refractivity contribution >= 4 is 47.7 Å². The van der Waals surface area contributed by atoms with Gasteiger partial charge < -0.3 is 43.2 Å². The maximum absolute atomic E-state index is 15.6. The van der Waals surface area contributed by atoms with E-state index in [4.69, 9.17) is 42.8 Å². The van der Waals surface area contributed by atoms with E-state index in [0.717, 1.165) is 41.5 Å². The number of rotatable bonds is 13. The zero-order valence-electron chi connectivity index (χ0n) is 36.9. The average molecular weight is 891 g/mol. The van der Waals surface area contributed by atoms with E-state index in [2.05, 4.69) is 0 Å². The Bertz CT molecular complexity index is 2440. The number of hydrogen-bond donors (Lipinski definition) is 0. The summed E-state index contributed by atoms with van der Waals surface area (Å²) in [6.07, 6.45) is 0.320. The first-order chi connectivity index (χ1) is 30.0. The maximum atomic E-state index is 15.6. The van der Waals surface area contributed by atoms with Gasteiger partial charge in [-0.3, -0.25) is 38.4 Å². The van der Waals surface area contributed by atoms with E-state index in [9.17, 15) is 38.4 Å². The normalized spacial score (nSPS) is 18.4. The molecular formula is C44H46N2O18. The van der Waals surface area contributed by atoms with Crippen molar-refractivity contribution in [2.45, 2.75) is 94.7 Å². The Kier molecular flexibility index (Phi) is 13.8. The second-order valence-corrected chi connectivity index (χ2v) is 14.7. The van der Waals surface area contributed by atoms with Crippen LogP contribution in [0.1, 0.15) is 89.0 Å². The molecule has 3 aromatic rings. The van der Waals surface area contributed by atoms with Crippen molar-refractivity contribution < 1.29 is 86.0 Å². The highest BCUT2D eigenvalue weighted by atomic mass is 17.0. The molecule has 0 fully saturated rings. The van der Waals surface area contributed by atoms with E-state index in [1.165, 1.54) is 56.3 Å². The number of ether oxygens (including phenoxy) is 7. The molecule has 20 heteroatoms. The fourth-order valence-electron chi connectivity index (χ4n) is 7.06. The highest BCUT2D eigenvalue weighted by Crippen LogP contribution is 2.60. The van der Waals surface area contributed by atoms with Gasteiger partial charge in [-0.15, -0.1) is 5.06 Å². The van der Waals surface area contributed by atoms with Crippen molar-refractivity contribution in [3.05, 3.63) is 59.3 Å². The Labute approximate surface area is 366 Å². The van der Waals surface area contributed by atoms with Crippen molar-refractivity contribution in [3.8, 4) is 62.5 Å². The molecule has 2 heterocycles. The van der Waals surface area contributed by atoms with Crippen LogP contribution in [-0.4, -0.2) is 63.3 Å². The standard InChI is InChI=1S/C44H46N2O18/c1-12-21(3)37-42(61-28(10)52)46(55)44(22(4)13-2,43(54)45(37)63-29(11)53)62-34-20-31(16-19-33(34)64-46)36-40(59-26(8)50)38(57-24(6)48)35(30-14-17-32(18-15-30)56-23(5)47)39(58-25(7)49)41(36)60-27(9)51/h14-22H,12-13H2,1-11H3/t21-,22-,44+,46-/m0/s1. The summed E-state index contributed by atoms with van der Waals surface area (Å²) in [6, 6.07) is 9.19. The lowest BCUT2D eigenvalue weighted by Crippen LogP contribution is -2.78. The SMILES string of the molecule is CC[C@H](C)C1=C(OC(C)=O)[N@+]2([O-])Oc3ccc(-c4c(OC(C)=O)c(OC(C)=O)c(-c5ccc(OC(C)=O)cc5)c(OC(C)=O)c4OC(C)=O)cc3O[C@]2([C@@H](C)CC)C(=O)N1OC(C)=O. The van der Waals surface area contributed by atoms with E-state index in [0.29, 0.717) is 5.06 Å². The Balaban J connectivity index is 1.93. The minimum absolute atomic E-state index is 0.0559. The smallest absolute Gasteiger partial charge is 0.375 e. The van der Waals surface area contributed by atoms with Crippen molar-refractivity contribution in [1.29, 1.82) is 0 Å². The van der Waals surface area contributed by atoms with Gasteiger partial charge in [0.2, 0.25) is 5.75 Å². The first-order valence-corrected chi connectivity index (χ1v) is 19.9. The molecule has 3 aromatic carbocycles. The minimum atomic E-state index is -2.75. The molecule has 0 N–H and O–H groups in total. The Morgan fingerprint density at radius 1 is 0.625 bits per heavy atom. The summed E-state index contributed by atoms with van der Waals surface area (Å²) >= 11 is 0. The predicted octanol–water partition coefficient (Wildman–Crippen LogP) is 6.49. The molecule has 64 heavy (non-hydrogen) atoms. The lowest BCUT2D eigenvalue weighted by Gasteiger charge is -2.57. The lowest BCUT2D eigenvalue weighted by atomic mass is 9.89. The van der Waals surface area contributed by atoms with E-state index >= 15 is 5.21 Å². The van der Waals surface area contributed by atoms with Gasteiger partial charge in [0.1, 0.15) is 5.75 Å². The number of carbonyl (C=O) groups excluding carboxylic acids is 8. The molecule has 340 valence electrons. The summed E-state index contributed by atoms with van der Waals surface area (Å²) in [5, 5.41) is 16.2. The molecule has 4 atom stereocenters. The van der Waals surface area contributed by atoms with Crippen molar-refractivity contribution in [3.63, 3.8) is 0 Å². The zero-order valence-corrected chi connectivity index (χ0v) is 36.9. The van der Waals surface area contributed by atoms with E-state index < -0.39 is 98.9 Å². The van der Waals surface area contributed by atoms with Gasteiger partial charge in [0.15, 0.2) is 34.4 Å². The summed E-state index contributed by atoms with van der Waals surface area (Å²) in [5.74, 6) is -12.9. The fraction of sp³-hybridized carbons (Fsp3) is 0.364. The average Bonchev–Trinajstić information content (AvgIpc) is 3.19. The van der Waals surface area contributed by atoms with Crippen LogP contribution in [0.3, 0.4) is 0 Å². The molecule has 0 unspecified atom stereocenters. The number of allylic oxidation sites excluding steroid dienone is 1. The van der Waals surface area contributed by atoms with Gasteiger partial charge in [0, 0.05) is 54.4 Å². The Morgan fingerprint density at radius 2 is 1.08 bits per heavy atom. The van der Waals surface area contributed by atoms with Gasteiger partial charge in [-0.1, -0.05) is 44.6 Å². The van der Waals surface area contributed by atoms with Crippen LogP contribution in [0.4, 0.5) is 0 Å². The summed E-state index contributed by atoms with van der Waals surface area (Å²) in [4.78, 5) is 113. The van der Waals surface area contributed by atoms with Gasteiger partial charge in [-0.25, -0.2) is 4.79 Å². The van der Waals surface area contributed by atoms with Crippen LogP contribution in [0.25, 0.3) is 22.3 Å². The molecule has 0 radical (unpaired) electrons. The number of carbonyl (C=O) groups is 8. The summed E-state index contributed by atoms with van der Waals surface area (Å²) in [7, 11) is 0. The number of quaternary nitrogens is 1. The summed E-state index contributed by atoms with van der Waals surface area (Å²) in [5.41, 5.74) is -3.60. The fourth-order valence-corrected chi connectivity index (χ4v) is 7.06. The molecule has 0 saturated carbocycles. The largest absolute Gasteiger partial charge is 0.578 e. The first-order valence-electron chi connectivity index (χ1n) is 19.9. The monoisotopic (exact) mass is 890 g/mol. The Hall–Kier alpha value is -7.32. The molecule has 0 aliphatic carbocycles. The second kappa shape index (κ2) is 18.6. The molecule has 0 bridgehead atoms. The number of esters is 6. The topological polar surface area (TPSA) is 246 Å². The van der Waals surface area contributed by atoms with E-state index in [1.807, 2.05) is 0 Å². The second-order valence-electron chi connectivity index (χ2n) is 14.7. The number of fused-ring (bicyclic) bond motifs is 2. The summed E-state index contributed by atoms with van der Waals surface area (Å²) < 4.78 is 40.1. The van der Waals surface area contributed by atoms with Gasteiger partial charge in [0.05, 0.1) is 17.0 Å². The van der Waals surface area contributed by atoms with Crippen LogP contribution in [0, 0.1) is 17.0 Å². The Morgan fingerprint density at radius 3 is 1.50 bits per heavy atom. The summed E-state index contributed by atoms with van der Waals surface area (Å²) in [6.45, 7) is 13.8. The highest BCUT2D eigenvalue weighted by molar-refractivity contribution is 5.99. The number of nitrogens with zero attached hydrogens (tertiary/aromatic N) is 2. The molecule has 0 spiro atoms. The zero-order chi connectivity index (χ0) is 47.6. The molecular weight excluding hydrogens is 844 g/mol. The van der Waals surface area contributed by atoms with Crippen molar-refractivity contribution in [2.24, 2.45) is 11.8 Å². The molecule has 0 saturated heterocycles. The number of amides is 1. The van der Waals surface area contributed by atoms with Gasteiger partial charge in [-0.2, -0.15) is 0 Å². The van der Waals surface area contributed by atoms with E-state index in [-0.39, 0.29) is 58.0 Å². The number of benzene rings is 3. The number of hydroxylamine groups is 6. The highest BCUT2D eigenvalue weighted by Gasteiger charge is 2.73. The number of hydrogen-bond acceptors (Lipinski definition) is 18. The van der Waals surface area contributed by atoms with Gasteiger partial charge in [0.25, 0.3) is 0 Å². The van der Waals surface area contributed by atoms with Crippen LogP contribution in [0.15, 0.2) is 54.0 Å². The molecule has 5 rings (SSSR count). The quantitative estimate of drug-likeness (QED) is 0.0770. The third-order valence-corrected chi connectivity index (χ3v) is 9.89. The molecule has 1 amide bonds. The first kappa shape index (κ1) is 47.7. The van der Waals surface area contributed by atoms with Crippen LogP contribution >= 0.6 is 0 Å². The van der Waals surface area contributed by atoms with Crippen molar-refractivity contribution in [1.82, 2.24) is 5.06 Å².